The molecule has 1 atom stereocenters. The summed E-state index contributed by atoms with van der Waals surface area (Å²) in [7, 11) is 0. The Balaban J connectivity index is 1.59. The molecule has 0 aliphatic rings. The van der Waals surface area contributed by atoms with Crippen LogP contribution in [0.2, 0.25) is 5.02 Å². The lowest BCUT2D eigenvalue weighted by Crippen LogP contribution is -2.30. The first-order valence-corrected chi connectivity index (χ1v) is 10.2. The maximum absolute atomic E-state index is 12.5. The normalized spacial score (nSPS) is 11.3. The van der Waals surface area contributed by atoms with Crippen molar-refractivity contribution in [2.24, 2.45) is 0 Å². The SMILES string of the molecule is CCOc1ccccc1NC(=O)[C@H](C)Oc1ccc(C(=O)Nc2ccccc2Cl)cc1. The van der Waals surface area contributed by atoms with Crippen molar-refractivity contribution in [2.75, 3.05) is 17.2 Å². The van der Waals surface area contributed by atoms with E-state index in [0.29, 0.717) is 40.1 Å². The first-order valence-electron chi connectivity index (χ1n) is 9.83. The number of para-hydroxylation sites is 3. The molecule has 3 aromatic carbocycles. The van der Waals surface area contributed by atoms with E-state index in [9.17, 15) is 9.59 Å². The lowest BCUT2D eigenvalue weighted by atomic mass is 10.2. The van der Waals surface area contributed by atoms with Gasteiger partial charge in [-0.25, -0.2) is 0 Å². The lowest BCUT2D eigenvalue weighted by molar-refractivity contribution is -0.122. The Hall–Kier alpha value is -3.51. The zero-order chi connectivity index (χ0) is 22.2. The van der Waals surface area contributed by atoms with Crippen LogP contribution < -0.4 is 20.1 Å². The van der Waals surface area contributed by atoms with Gasteiger partial charge in [-0.1, -0.05) is 35.9 Å². The summed E-state index contributed by atoms with van der Waals surface area (Å²) in [5, 5.41) is 6.03. The van der Waals surface area contributed by atoms with Crippen LogP contribution in [-0.4, -0.2) is 24.5 Å². The number of ether oxygens (including phenoxy) is 2. The fourth-order valence-corrected chi connectivity index (χ4v) is 2.97. The molecule has 0 bridgehead atoms. The molecular formula is C24H23ClN2O4. The Bertz CT molecular complexity index is 1050. The van der Waals surface area contributed by atoms with E-state index in [1.807, 2.05) is 19.1 Å². The second-order valence-corrected chi connectivity index (χ2v) is 7.04. The number of halogens is 1. The van der Waals surface area contributed by atoms with Gasteiger partial charge in [0, 0.05) is 5.56 Å². The number of hydrogen-bond donors (Lipinski definition) is 2. The minimum atomic E-state index is -0.752. The Labute approximate surface area is 186 Å². The first-order chi connectivity index (χ1) is 15.0. The number of nitrogens with one attached hydrogen (secondary N) is 2. The van der Waals surface area contributed by atoms with E-state index in [1.54, 1.807) is 67.6 Å². The van der Waals surface area contributed by atoms with E-state index >= 15 is 0 Å². The highest BCUT2D eigenvalue weighted by atomic mass is 35.5. The van der Waals surface area contributed by atoms with Gasteiger partial charge >= 0.3 is 0 Å². The molecule has 7 heteroatoms. The van der Waals surface area contributed by atoms with E-state index in [2.05, 4.69) is 10.6 Å². The van der Waals surface area contributed by atoms with Crippen LogP contribution in [0.25, 0.3) is 0 Å². The van der Waals surface area contributed by atoms with Crippen LogP contribution >= 0.6 is 11.6 Å². The topological polar surface area (TPSA) is 76.7 Å². The smallest absolute Gasteiger partial charge is 0.265 e. The second kappa shape index (κ2) is 10.5. The molecule has 31 heavy (non-hydrogen) atoms. The van der Waals surface area contributed by atoms with Crippen molar-refractivity contribution in [3.63, 3.8) is 0 Å². The van der Waals surface area contributed by atoms with Crippen molar-refractivity contribution >= 4 is 34.8 Å². The van der Waals surface area contributed by atoms with Crippen LogP contribution in [0.1, 0.15) is 24.2 Å². The Morgan fingerprint density at radius 2 is 1.55 bits per heavy atom. The van der Waals surface area contributed by atoms with Gasteiger partial charge in [0.15, 0.2) is 6.10 Å². The molecule has 0 heterocycles. The Kier molecular flexibility index (Phi) is 7.51. The monoisotopic (exact) mass is 438 g/mol. The highest BCUT2D eigenvalue weighted by Gasteiger charge is 2.17. The quantitative estimate of drug-likeness (QED) is 0.494. The van der Waals surface area contributed by atoms with Crippen molar-refractivity contribution in [1.29, 1.82) is 0 Å². The molecule has 0 aromatic heterocycles. The largest absolute Gasteiger partial charge is 0.492 e. The van der Waals surface area contributed by atoms with Gasteiger partial charge in [0.2, 0.25) is 0 Å². The molecule has 2 N–H and O–H groups in total. The van der Waals surface area contributed by atoms with E-state index < -0.39 is 6.10 Å². The Morgan fingerprint density at radius 1 is 0.903 bits per heavy atom. The molecule has 0 saturated heterocycles. The van der Waals surface area contributed by atoms with Gasteiger partial charge in [0.1, 0.15) is 11.5 Å². The molecule has 160 valence electrons. The minimum Gasteiger partial charge on any atom is -0.492 e. The molecule has 6 nitrogen and oxygen atoms in total. The molecule has 0 fully saturated rings. The lowest BCUT2D eigenvalue weighted by Gasteiger charge is -2.16. The number of carbonyl (C=O) groups is 2. The van der Waals surface area contributed by atoms with Gasteiger partial charge in [0.05, 0.1) is 23.0 Å². The molecule has 2 amide bonds. The van der Waals surface area contributed by atoms with Gasteiger partial charge in [0.25, 0.3) is 11.8 Å². The van der Waals surface area contributed by atoms with Crippen molar-refractivity contribution in [3.8, 4) is 11.5 Å². The van der Waals surface area contributed by atoms with Crippen LogP contribution in [0.4, 0.5) is 11.4 Å². The van der Waals surface area contributed by atoms with Gasteiger partial charge < -0.3 is 20.1 Å². The van der Waals surface area contributed by atoms with Gasteiger partial charge in [-0.3, -0.25) is 9.59 Å². The third kappa shape index (κ3) is 5.99. The van der Waals surface area contributed by atoms with Crippen LogP contribution in [-0.2, 0) is 4.79 Å². The van der Waals surface area contributed by atoms with Gasteiger partial charge in [-0.05, 0) is 62.4 Å². The summed E-state index contributed by atoms with van der Waals surface area (Å²) in [6, 6.07) is 20.7. The highest BCUT2D eigenvalue weighted by Crippen LogP contribution is 2.25. The van der Waals surface area contributed by atoms with E-state index in [0.717, 1.165) is 0 Å². The second-order valence-electron chi connectivity index (χ2n) is 6.64. The van der Waals surface area contributed by atoms with Crippen LogP contribution in [0.5, 0.6) is 11.5 Å². The van der Waals surface area contributed by atoms with E-state index in [4.69, 9.17) is 21.1 Å². The van der Waals surface area contributed by atoms with E-state index in [1.165, 1.54) is 0 Å². The fraction of sp³-hybridized carbons (Fsp3) is 0.167. The third-order valence-corrected chi connectivity index (χ3v) is 4.70. The fourth-order valence-electron chi connectivity index (χ4n) is 2.79. The maximum atomic E-state index is 12.5. The molecular weight excluding hydrogens is 416 g/mol. The summed E-state index contributed by atoms with van der Waals surface area (Å²) in [4.78, 5) is 24.9. The Morgan fingerprint density at radius 3 is 2.23 bits per heavy atom. The number of amides is 2. The molecule has 3 aromatic rings. The van der Waals surface area contributed by atoms with E-state index in [-0.39, 0.29) is 11.8 Å². The average Bonchev–Trinajstić information content (AvgIpc) is 2.77. The molecule has 0 saturated carbocycles. The molecule has 3 rings (SSSR count). The standard InChI is InChI=1S/C24H23ClN2O4/c1-3-30-22-11-7-6-10-21(22)27-23(28)16(2)31-18-14-12-17(13-15-18)24(29)26-20-9-5-4-8-19(20)25/h4-16H,3H2,1-2H3,(H,26,29)(H,27,28)/t16-/m0/s1. The van der Waals surface area contributed by atoms with Crippen molar-refractivity contribution in [3.05, 3.63) is 83.4 Å². The maximum Gasteiger partial charge on any atom is 0.265 e. The predicted octanol–water partition coefficient (Wildman–Crippen LogP) is 5.40. The molecule has 0 radical (unpaired) electrons. The van der Waals surface area contributed by atoms with Gasteiger partial charge in [-0.15, -0.1) is 0 Å². The number of benzene rings is 3. The number of carbonyl (C=O) groups excluding carboxylic acids is 2. The average molecular weight is 439 g/mol. The summed E-state index contributed by atoms with van der Waals surface area (Å²) in [5.74, 6) is 0.458. The molecule has 0 aliphatic heterocycles. The predicted molar refractivity (Wildman–Crippen MR) is 122 cm³/mol. The summed E-state index contributed by atoms with van der Waals surface area (Å²) < 4.78 is 11.2. The van der Waals surface area contributed by atoms with Gasteiger partial charge in [-0.2, -0.15) is 0 Å². The summed E-state index contributed by atoms with van der Waals surface area (Å²) in [5.41, 5.74) is 1.55. The molecule has 0 aliphatic carbocycles. The number of rotatable bonds is 8. The van der Waals surface area contributed by atoms with Crippen molar-refractivity contribution in [1.82, 2.24) is 0 Å². The minimum absolute atomic E-state index is 0.294. The number of anilines is 2. The van der Waals surface area contributed by atoms with Crippen molar-refractivity contribution < 1.29 is 19.1 Å². The van der Waals surface area contributed by atoms with Crippen LogP contribution in [0, 0.1) is 0 Å². The third-order valence-electron chi connectivity index (χ3n) is 4.37. The summed E-state index contributed by atoms with van der Waals surface area (Å²) in [6.07, 6.45) is -0.752. The van der Waals surface area contributed by atoms with Crippen LogP contribution in [0.15, 0.2) is 72.8 Å². The summed E-state index contributed by atoms with van der Waals surface area (Å²) in [6.45, 7) is 4.02. The molecule has 0 unspecified atom stereocenters. The first kappa shape index (κ1) is 22.2. The summed E-state index contributed by atoms with van der Waals surface area (Å²) >= 11 is 6.07. The molecule has 0 spiro atoms. The zero-order valence-corrected chi connectivity index (χ0v) is 18.0. The van der Waals surface area contributed by atoms with Crippen LogP contribution in [0.3, 0.4) is 0 Å². The zero-order valence-electron chi connectivity index (χ0n) is 17.2. The number of hydrogen-bond acceptors (Lipinski definition) is 4. The van der Waals surface area contributed by atoms with Crippen molar-refractivity contribution in [2.45, 2.75) is 20.0 Å². The highest BCUT2D eigenvalue weighted by molar-refractivity contribution is 6.33.